The summed E-state index contributed by atoms with van der Waals surface area (Å²) in [5.41, 5.74) is 6.18. The SMILES string of the molecule is Cc1ccc(-c2cc(C(=O)N3CC4(C)CC3CC(C)(C)C4)n(-c3ccc(Cl)cc3)n2)cc1C. The molecule has 5 rings (SSSR count). The van der Waals surface area contributed by atoms with Gasteiger partial charge in [0.25, 0.3) is 5.91 Å². The number of fused-ring (bicyclic) bond motifs is 2. The molecular formula is C28H32ClN3O. The van der Waals surface area contributed by atoms with Crippen molar-refractivity contribution in [3.63, 3.8) is 0 Å². The highest BCUT2D eigenvalue weighted by molar-refractivity contribution is 6.30. The van der Waals surface area contributed by atoms with Crippen molar-refractivity contribution in [2.75, 3.05) is 6.54 Å². The molecule has 1 saturated heterocycles. The number of hydrogen-bond donors (Lipinski definition) is 0. The third kappa shape index (κ3) is 4.10. The summed E-state index contributed by atoms with van der Waals surface area (Å²) in [6.45, 7) is 12.0. The molecule has 33 heavy (non-hydrogen) atoms. The number of nitrogens with zero attached hydrogens (tertiary/aromatic N) is 3. The van der Waals surface area contributed by atoms with E-state index in [1.165, 1.54) is 11.1 Å². The normalized spacial score (nSPS) is 23.7. The minimum absolute atomic E-state index is 0.0685. The number of hydrogen-bond acceptors (Lipinski definition) is 2. The van der Waals surface area contributed by atoms with Crippen LogP contribution in [0.15, 0.2) is 48.5 Å². The van der Waals surface area contributed by atoms with Crippen molar-refractivity contribution in [3.8, 4) is 16.9 Å². The van der Waals surface area contributed by atoms with Gasteiger partial charge in [-0.05, 0) is 91.5 Å². The highest BCUT2D eigenvalue weighted by atomic mass is 35.5. The first-order valence-corrected chi connectivity index (χ1v) is 12.2. The van der Waals surface area contributed by atoms with E-state index in [1.807, 2.05) is 30.3 Å². The number of rotatable bonds is 3. The monoisotopic (exact) mass is 461 g/mol. The Bertz CT molecular complexity index is 1230. The van der Waals surface area contributed by atoms with Crippen LogP contribution >= 0.6 is 11.6 Å². The lowest BCUT2D eigenvalue weighted by Gasteiger charge is -2.39. The molecule has 1 amide bonds. The number of carbonyl (C=O) groups excluding carboxylic acids is 1. The van der Waals surface area contributed by atoms with Gasteiger partial charge in [-0.2, -0.15) is 5.10 Å². The molecule has 2 aliphatic rings. The second kappa shape index (κ2) is 7.73. The lowest BCUT2D eigenvalue weighted by Crippen LogP contribution is -2.38. The van der Waals surface area contributed by atoms with Crippen LogP contribution in [0.1, 0.15) is 61.6 Å². The largest absolute Gasteiger partial charge is 0.334 e. The summed E-state index contributed by atoms with van der Waals surface area (Å²) in [6, 6.07) is 16.1. The van der Waals surface area contributed by atoms with Gasteiger partial charge in [0.15, 0.2) is 0 Å². The fraction of sp³-hybridized carbons (Fsp3) is 0.429. The predicted octanol–water partition coefficient (Wildman–Crippen LogP) is 6.85. The van der Waals surface area contributed by atoms with E-state index >= 15 is 0 Å². The van der Waals surface area contributed by atoms with Gasteiger partial charge in [-0.1, -0.05) is 44.5 Å². The molecule has 1 saturated carbocycles. The number of likely N-dealkylation sites (tertiary alicyclic amines) is 1. The van der Waals surface area contributed by atoms with Gasteiger partial charge < -0.3 is 4.90 Å². The standard InChI is InChI=1S/C28H32ClN3O/c1-18-6-7-20(12-19(18)2)24-13-25(32(30-24)22-10-8-21(29)9-11-22)26(33)31-17-28(5)15-23(31)14-27(3,4)16-28/h6-13,23H,14-17H2,1-5H3. The van der Waals surface area contributed by atoms with Crippen LogP contribution < -0.4 is 0 Å². The molecule has 172 valence electrons. The van der Waals surface area contributed by atoms with Crippen LogP contribution in [0.25, 0.3) is 16.9 Å². The molecule has 2 heterocycles. The Hall–Kier alpha value is -2.59. The first-order valence-electron chi connectivity index (χ1n) is 11.8. The van der Waals surface area contributed by atoms with E-state index in [4.69, 9.17) is 16.7 Å². The lowest BCUT2D eigenvalue weighted by molar-refractivity contribution is 0.0699. The molecule has 1 aliphatic heterocycles. The molecule has 1 aliphatic carbocycles. The van der Waals surface area contributed by atoms with E-state index in [0.717, 1.165) is 42.8 Å². The summed E-state index contributed by atoms with van der Waals surface area (Å²) in [5.74, 6) is 0.0685. The summed E-state index contributed by atoms with van der Waals surface area (Å²) in [4.78, 5) is 16.1. The molecule has 0 N–H and O–H groups in total. The van der Waals surface area contributed by atoms with E-state index < -0.39 is 0 Å². The summed E-state index contributed by atoms with van der Waals surface area (Å²) >= 11 is 6.14. The Labute approximate surface area is 201 Å². The minimum atomic E-state index is 0.0685. The van der Waals surface area contributed by atoms with Gasteiger partial charge in [-0.25, -0.2) is 4.68 Å². The van der Waals surface area contributed by atoms with Gasteiger partial charge in [0, 0.05) is 23.2 Å². The maximum atomic E-state index is 14.0. The fourth-order valence-corrected chi connectivity index (χ4v) is 6.32. The quantitative estimate of drug-likeness (QED) is 0.427. The van der Waals surface area contributed by atoms with Crippen molar-refractivity contribution in [1.29, 1.82) is 0 Å². The zero-order valence-corrected chi connectivity index (χ0v) is 20.9. The molecule has 2 unspecified atom stereocenters. The molecule has 5 heteroatoms. The Kier molecular flexibility index (Phi) is 5.20. The third-order valence-electron chi connectivity index (χ3n) is 7.48. The smallest absolute Gasteiger partial charge is 0.272 e. The maximum absolute atomic E-state index is 14.0. The number of amides is 1. The van der Waals surface area contributed by atoms with Crippen LogP contribution in [0.2, 0.25) is 5.02 Å². The average molecular weight is 462 g/mol. The van der Waals surface area contributed by atoms with Gasteiger partial charge in [-0.15, -0.1) is 0 Å². The van der Waals surface area contributed by atoms with Gasteiger partial charge in [-0.3, -0.25) is 4.79 Å². The van der Waals surface area contributed by atoms with Crippen molar-refractivity contribution in [1.82, 2.24) is 14.7 Å². The van der Waals surface area contributed by atoms with Crippen LogP contribution in [-0.2, 0) is 0 Å². The second-order valence-corrected chi connectivity index (χ2v) is 11.7. The Morgan fingerprint density at radius 1 is 1.00 bits per heavy atom. The number of carbonyl (C=O) groups is 1. The molecular weight excluding hydrogens is 430 g/mol. The zero-order chi connectivity index (χ0) is 23.5. The van der Waals surface area contributed by atoms with Crippen LogP contribution in [0.3, 0.4) is 0 Å². The number of halogens is 1. The van der Waals surface area contributed by atoms with Crippen molar-refractivity contribution in [2.24, 2.45) is 10.8 Å². The topological polar surface area (TPSA) is 38.1 Å². The van der Waals surface area contributed by atoms with E-state index in [0.29, 0.717) is 10.7 Å². The summed E-state index contributed by atoms with van der Waals surface area (Å²) in [5, 5.41) is 5.56. The van der Waals surface area contributed by atoms with Crippen LogP contribution in [0.5, 0.6) is 0 Å². The lowest BCUT2D eigenvalue weighted by atomic mass is 9.65. The van der Waals surface area contributed by atoms with Gasteiger partial charge in [0.2, 0.25) is 0 Å². The van der Waals surface area contributed by atoms with Gasteiger partial charge in [0.05, 0.1) is 11.4 Å². The van der Waals surface area contributed by atoms with Crippen molar-refractivity contribution in [2.45, 2.75) is 59.9 Å². The van der Waals surface area contributed by atoms with Crippen molar-refractivity contribution < 1.29 is 4.79 Å². The molecule has 3 aromatic rings. The molecule has 0 spiro atoms. The molecule has 2 bridgehead atoms. The van der Waals surface area contributed by atoms with Crippen LogP contribution in [0.4, 0.5) is 0 Å². The highest BCUT2D eigenvalue weighted by Crippen LogP contribution is 2.52. The average Bonchev–Trinajstić information content (AvgIpc) is 3.28. The van der Waals surface area contributed by atoms with Gasteiger partial charge in [0.1, 0.15) is 5.69 Å². The van der Waals surface area contributed by atoms with Crippen LogP contribution in [-0.4, -0.2) is 33.2 Å². The summed E-state index contributed by atoms with van der Waals surface area (Å²) in [7, 11) is 0. The molecule has 2 fully saturated rings. The summed E-state index contributed by atoms with van der Waals surface area (Å²) < 4.78 is 1.79. The number of aryl methyl sites for hydroxylation is 2. The zero-order valence-electron chi connectivity index (χ0n) is 20.2. The highest BCUT2D eigenvalue weighted by Gasteiger charge is 2.51. The number of aromatic nitrogens is 2. The summed E-state index contributed by atoms with van der Waals surface area (Å²) in [6.07, 6.45) is 3.29. The van der Waals surface area contributed by atoms with Gasteiger partial charge >= 0.3 is 0 Å². The van der Waals surface area contributed by atoms with Crippen molar-refractivity contribution >= 4 is 17.5 Å². The predicted molar refractivity (Wildman–Crippen MR) is 134 cm³/mol. The first-order chi connectivity index (χ1) is 15.5. The van der Waals surface area contributed by atoms with E-state index in [2.05, 4.69) is 57.7 Å². The van der Waals surface area contributed by atoms with E-state index in [9.17, 15) is 4.79 Å². The Morgan fingerprint density at radius 3 is 2.42 bits per heavy atom. The molecule has 2 atom stereocenters. The van der Waals surface area contributed by atoms with Crippen LogP contribution in [0, 0.1) is 24.7 Å². The maximum Gasteiger partial charge on any atom is 0.272 e. The fourth-order valence-electron chi connectivity index (χ4n) is 6.20. The minimum Gasteiger partial charge on any atom is -0.334 e. The van der Waals surface area contributed by atoms with E-state index in [1.54, 1.807) is 4.68 Å². The molecule has 0 radical (unpaired) electrons. The van der Waals surface area contributed by atoms with E-state index in [-0.39, 0.29) is 22.8 Å². The Balaban J connectivity index is 1.58. The van der Waals surface area contributed by atoms with Crippen molar-refractivity contribution in [3.05, 3.63) is 70.4 Å². The second-order valence-electron chi connectivity index (χ2n) is 11.2. The molecule has 4 nitrogen and oxygen atoms in total. The first kappa shape index (κ1) is 22.2. The Morgan fingerprint density at radius 2 is 1.73 bits per heavy atom. The molecule has 2 aromatic carbocycles. The third-order valence-corrected chi connectivity index (χ3v) is 7.73. The number of benzene rings is 2. The molecule has 1 aromatic heterocycles.